The summed E-state index contributed by atoms with van der Waals surface area (Å²) in [6.07, 6.45) is 0. The van der Waals surface area contributed by atoms with Crippen molar-refractivity contribution in [3.63, 3.8) is 0 Å². The molecule has 0 N–H and O–H groups in total. The third kappa shape index (κ3) is 3.63. The summed E-state index contributed by atoms with van der Waals surface area (Å²) in [4.78, 5) is 5.12. The van der Waals surface area contributed by atoms with Gasteiger partial charge in [-0.1, -0.05) is 59.9 Å². The molecule has 0 fully saturated rings. The highest BCUT2D eigenvalue weighted by Gasteiger charge is 2.08. The maximum absolute atomic E-state index is 2.34. The van der Waals surface area contributed by atoms with Crippen LogP contribution in [0.3, 0.4) is 0 Å². The summed E-state index contributed by atoms with van der Waals surface area (Å²) in [5.41, 5.74) is 0. The molecule has 0 amide bonds. The van der Waals surface area contributed by atoms with Crippen molar-refractivity contribution >= 4 is 55.0 Å². The highest BCUT2D eigenvalue weighted by molar-refractivity contribution is 7.99. The second-order valence-corrected chi connectivity index (χ2v) is 9.63. The highest BCUT2D eigenvalue weighted by Crippen LogP contribution is 2.40. The molecule has 0 aliphatic rings. The van der Waals surface area contributed by atoms with Crippen LogP contribution in [0.25, 0.3) is 20.2 Å². The van der Waals surface area contributed by atoms with Gasteiger partial charge >= 0.3 is 0 Å². The van der Waals surface area contributed by atoms with Gasteiger partial charge in [-0.15, -0.1) is 11.3 Å². The Bertz CT molecular complexity index is 1110. The predicted molar refractivity (Wildman–Crippen MR) is 120 cm³/mol. The third-order valence-corrected chi connectivity index (χ3v) is 7.52. The molecule has 0 spiro atoms. The summed E-state index contributed by atoms with van der Waals surface area (Å²) in [6, 6.07) is 34.8. The van der Waals surface area contributed by atoms with Crippen LogP contribution in [-0.2, 0) is 0 Å². The zero-order valence-corrected chi connectivity index (χ0v) is 16.9. The molecule has 5 aromatic rings. The Balaban J connectivity index is 1.54. The predicted octanol–water partition coefficient (Wildman–Crippen LogP) is 8.36. The first-order chi connectivity index (χ1) is 13.3. The summed E-state index contributed by atoms with van der Waals surface area (Å²) in [5, 5.41) is 2.71. The molecule has 130 valence electrons. The summed E-state index contributed by atoms with van der Waals surface area (Å²) < 4.78 is 2.70. The SMILES string of the molecule is c1ccc(Sc2ccc3sc4ccc(Sc5ccccc5)cc4c3c2)cc1. The van der Waals surface area contributed by atoms with E-state index < -0.39 is 0 Å². The van der Waals surface area contributed by atoms with Crippen molar-refractivity contribution in [1.29, 1.82) is 0 Å². The van der Waals surface area contributed by atoms with E-state index in [9.17, 15) is 0 Å². The van der Waals surface area contributed by atoms with Crippen molar-refractivity contribution < 1.29 is 0 Å². The van der Waals surface area contributed by atoms with E-state index in [0.29, 0.717) is 0 Å². The Kier molecular flexibility index (Phi) is 4.66. The van der Waals surface area contributed by atoms with Gasteiger partial charge in [0, 0.05) is 39.8 Å². The average Bonchev–Trinajstić information content (AvgIpc) is 3.07. The average molecular weight is 401 g/mol. The molecule has 0 radical (unpaired) electrons. The zero-order chi connectivity index (χ0) is 18.1. The second-order valence-electron chi connectivity index (χ2n) is 6.25. The molecule has 0 nitrogen and oxygen atoms in total. The lowest BCUT2D eigenvalue weighted by molar-refractivity contribution is 1.42. The molecule has 0 saturated carbocycles. The van der Waals surface area contributed by atoms with E-state index >= 15 is 0 Å². The summed E-state index contributed by atoms with van der Waals surface area (Å²) in [7, 11) is 0. The Morgan fingerprint density at radius 2 is 0.889 bits per heavy atom. The van der Waals surface area contributed by atoms with Crippen LogP contribution in [0.5, 0.6) is 0 Å². The summed E-state index contributed by atoms with van der Waals surface area (Å²) in [6.45, 7) is 0. The van der Waals surface area contributed by atoms with Gasteiger partial charge in [0.15, 0.2) is 0 Å². The largest absolute Gasteiger partial charge is 0.135 e. The van der Waals surface area contributed by atoms with Crippen LogP contribution in [0.15, 0.2) is 117 Å². The summed E-state index contributed by atoms with van der Waals surface area (Å²) in [5.74, 6) is 0. The Morgan fingerprint density at radius 1 is 0.444 bits per heavy atom. The van der Waals surface area contributed by atoms with Gasteiger partial charge in [0.25, 0.3) is 0 Å². The molecule has 0 bridgehead atoms. The lowest BCUT2D eigenvalue weighted by Gasteiger charge is -2.03. The van der Waals surface area contributed by atoms with Crippen LogP contribution in [-0.4, -0.2) is 0 Å². The van der Waals surface area contributed by atoms with Gasteiger partial charge in [-0.25, -0.2) is 0 Å². The Labute approximate surface area is 171 Å². The van der Waals surface area contributed by atoms with E-state index in [2.05, 4.69) is 97.1 Å². The number of hydrogen-bond donors (Lipinski definition) is 0. The minimum absolute atomic E-state index is 1.27. The van der Waals surface area contributed by atoms with E-state index in [1.165, 1.54) is 39.8 Å². The smallest absolute Gasteiger partial charge is 0.0356 e. The number of hydrogen-bond acceptors (Lipinski definition) is 3. The van der Waals surface area contributed by atoms with Crippen LogP contribution in [0.2, 0.25) is 0 Å². The third-order valence-electron chi connectivity index (χ3n) is 4.37. The highest BCUT2D eigenvalue weighted by atomic mass is 32.2. The van der Waals surface area contributed by atoms with Crippen LogP contribution in [0.1, 0.15) is 0 Å². The summed E-state index contributed by atoms with van der Waals surface area (Å²) >= 11 is 5.51. The fraction of sp³-hybridized carbons (Fsp3) is 0. The van der Waals surface area contributed by atoms with Crippen LogP contribution in [0, 0.1) is 0 Å². The van der Waals surface area contributed by atoms with Gasteiger partial charge in [-0.05, 0) is 60.7 Å². The molecule has 1 aromatic heterocycles. The second kappa shape index (κ2) is 7.43. The van der Waals surface area contributed by atoms with Gasteiger partial charge in [0.05, 0.1) is 0 Å². The van der Waals surface area contributed by atoms with E-state index in [0.717, 1.165) is 0 Å². The monoisotopic (exact) mass is 400 g/mol. The van der Waals surface area contributed by atoms with Gasteiger partial charge < -0.3 is 0 Å². The molecule has 0 aliphatic heterocycles. The zero-order valence-electron chi connectivity index (χ0n) is 14.5. The van der Waals surface area contributed by atoms with Gasteiger partial charge in [-0.3, -0.25) is 0 Å². The quantitative estimate of drug-likeness (QED) is 0.297. The number of thiophene rings is 1. The lowest BCUT2D eigenvalue weighted by Crippen LogP contribution is -1.75. The molecular weight excluding hydrogens is 384 g/mol. The first kappa shape index (κ1) is 16.9. The molecule has 4 aromatic carbocycles. The van der Waals surface area contributed by atoms with Crippen LogP contribution < -0.4 is 0 Å². The molecule has 1 heterocycles. The van der Waals surface area contributed by atoms with E-state index in [1.54, 1.807) is 0 Å². The van der Waals surface area contributed by atoms with Crippen LogP contribution in [0.4, 0.5) is 0 Å². The standard InChI is InChI=1S/C24H16S3/c1-3-7-17(8-4-1)25-19-11-13-23-21(15-19)22-16-20(12-14-24(22)27-23)26-18-9-5-2-6-10-18/h1-16H. The Hall–Kier alpha value is -2.20. The maximum Gasteiger partial charge on any atom is 0.0356 e. The lowest BCUT2D eigenvalue weighted by atomic mass is 10.1. The van der Waals surface area contributed by atoms with Crippen molar-refractivity contribution in [2.45, 2.75) is 19.6 Å². The first-order valence-electron chi connectivity index (χ1n) is 8.77. The van der Waals surface area contributed by atoms with Crippen molar-refractivity contribution in [3.8, 4) is 0 Å². The molecule has 0 saturated heterocycles. The van der Waals surface area contributed by atoms with Crippen LogP contribution >= 0.6 is 34.9 Å². The number of fused-ring (bicyclic) bond motifs is 3. The molecule has 3 heteroatoms. The van der Waals surface area contributed by atoms with Crippen molar-refractivity contribution in [2.75, 3.05) is 0 Å². The number of rotatable bonds is 4. The topological polar surface area (TPSA) is 0 Å². The maximum atomic E-state index is 2.34. The fourth-order valence-corrected chi connectivity index (χ4v) is 5.94. The normalized spacial score (nSPS) is 11.3. The number of benzene rings is 4. The molecular formula is C24H16S3. The first-order valence-corrected chi connectivity index (χ1v) is 11.2. The van der Waals surface area contributed by atoms with Gasteiger partial charge in [-0.2, -0.15) is 0 Å². The minimum atomic E-state index is 1.27. The fourth-order valence-electron chi connectivity index (χ4n) is 3.11. The van der Waals surface area contributed by atoms with Crippen molar-refractivity contribution in [2.24, 2.45) is 0 Å². The van der Waals surface area contributed by atoms with E-state index in [1.807, 2.05) is 34.9 Å². The molecule has 0 atom stereocenters. The molecule has 5 rings (SSSR count). The van der Waals surface area contributed by atoms with Crippen molar-refractivity contribution in [1.82, 2.24) is 0 Å². The van der Waals surface area contributed by atoms with E-state index in [4.69, 9.17) is 0 Å². The Morgan fingerprint density at radius 3 is 1.33 bits per heavy atom. The minimum Gasteiger partial charge on any atom is -0.135 e. The molecule has 27 heavy (non-hydrogen) atoms. The van der Waals surface area contributed by atoms with Gasteiger partial charge in [0.2, 0.25) is 0 Å². The van der Waals surface area contributed by atoms with Crippen molar-refractivity contribution in [3.05, 3.63) is 97.1 Å². The van der Waals surface area contributed by atoms with E-state index in [-0.39, 0.29) is 0 Å². The van der Waals surface area contributed by atoms with Gasteiger partial charge in [0.1, 0.15) is 0 Å². The molecule has 0 unspecified atom stereocenters. The molecule has 0 aliphatic carbocycles.